The molecule has 1 aliphatic heterocycles. The van der Waals surface area contributed by atoms with Crippen molar-refractivity contribution in [3.05, 3.63) is 48.5 Å². The molecule has 1 fully saturated rings. The molecule has 0 unspecified atom stereocenters. The molecule has 2 aromatic carbocycles. The molecule has 2 heterocycles. The van der Waals surface area contributed by atoms with Gasteiger partial charge in [0.25, 0.3) is 11.1 Å². The number of amides is 1. The summed E-state index contributed by atoms with van der Waals surface area (Å²) in [6, 6.07) is 15.7. The maximum Gasteiger partial charge on any atom is 0.277 e. The molecule has 1 aliphatic rings. The van der Waals surface area contributed by atoms with Crippen molar-refractivity contribution in [1.29, 1.82) is 0 Å². The topological polar surface area (TPSA) is 80.9 Å². The minimum Gasteiger partial charge on any atom is -0.496 e. The van der Waals surface area contributed by atoms with Crippen molar-refractivity contribution in [1.82, 2.24) is 15.1 Å². The van der Waals surface area contributed by atoms with Crippen LogP contribution in [0.3, 0.4) is 0 Å². The van der Waals surface area contributed by atoms with E-state index in [1.165, 1.54) is 17.4 Å². The lowest BCUT2D eigenvalue weighted by Crippen LogP contribution is -2.49. The van der Waals surface area contributed by atoms with Gasteiger partial charge in [-0.15, -0.1) is 10.2 Å². The Morgan fingerprint density at radius 3 is 2.29 bits per heavy atom. The molecular formula is C22H24N4O4S. The first-order valence-corrected chi connectivity index (χ1v) is 10.9. The van der Waals surface area contributed by atoms with E-state index in [9.17, 15) is 4.79 Å². The van der Waals surface area contributed by atoms with Crippen molar-refractivity contribution >= 4 is 23.4 Å². The van der Waals surface area contributed by atoms with Crippen LogP contribution in [-0.2, 0) is 4.79 Å². The van der Waals surface area contributed by atoms with Gasteiger partial charge in [-0.2, -0.15) is 0 Å². The van der Waals surface area contributed by atoms with Crippen LogP contribution in [0.25, 0.3) is 11.5 Å². The number of nitrogens with zero attached hydrogens (tertiary/aromatic N) is 4. The minimum atomic E-state index is 0.0623. The molecule has 0 radical (unpaired) electrons. The Bertz CT molecular complexity index is 997. The number of hydrogen-bond donors (Lipinski definition) is 0. The van der Waals surface area contributed by atoms with Crippen LogP contribution in [0.15, 0.2) is 58.2 Å². The SMILES string of the molecule is COc1cccc(OC)c1-c1nnc(SCC(=O)N2CCN(c3ccccc3)CC2)o1. The Hall–Kier alpha value is -3.20. The lowest BCUT2D eigenvalue weighted by molar-refractivity contribution is -0.128. The largest absolute Gasteiger partial charge is 0.496 e. The summed E-state index contributed by atoms with van der Waals surface area (Å²) in [5, 5.41) is 8.51. The fraction of sp³-hybridized carbons (Fsp3) is 0.318. The fourth-order valence-electron chi connectivity index (χ4n) is 3.50. The molecule has 1 amide bonds. The standard InChI is InChI=1S/C22H24N4O4S/c1-28-17-9-6-10-18(29-2)20(17)21-23-24-22(30-21)31-15-19(27)26-13-11-25(12-14-26)16-7-4-3-5-8-16/h3-10H,11-15H2,1-2H3. The third-order valence-corrected chi connectivity index (χ3v) is 5.92. The van der Waals surface area contributed by atoms with Gasteiger partial charge in [0.1, 0.15) is 17.1 Å². The van der Waals surface area contributed by atoms with Crippen molar-refractivity contribution in [3.8, 4) is 23.0 Å². The number of carbonyl (C=O) groups is 1. The normalized spacial score (nSPS) is 13.9. The van der Waals surface area contributed by atoms with Gasteiger partial charge < -0.3 is 23.7 Å². The highest BCUT2D eigenvalue weighted by Gasteiger charge is 2.23. The second-order valence-electron chi connectivity index (χ2n) is 6.90. The molecule has 3 aromatic rings. The van der Waals surface area contributed by atoms with E-state index in [1.807, 2.05) is 29.2 Å². The average molecular weight is 441 g/mol. The van der Waals surface area contributed by atoms with E-state index >= 15 is 0 Å². The van der Waals surface area contributed by atoms with Crippen LogP contribution in [0.1, 0.15) is 0 Å². The summed E-state index contributed by atoms with van der Waals surface area (Å²) in [6.45, 7) is 3.03. The number of rotatable bonds is 7. The lowest BCUT2D eigenvalue weighted by Gasteiger charge is -2.36. The highest BCUT2D eigenvalue weighted by Crippen LogP contribution is 2.38. The second kappa shape index (κ2) is 9.74. The van der Waals surface area contributed by atoms with E-state index < -0.39 is 0 Å². The quantitative estimate of drug-likeness (QED) is 0.518. The molecule has 0 atom stereocenters. The molecule has 0 aliphatic carbocycles. The second-order valence-corrected chi connectivity index (χ2v) is 7.83. The summed E-state index contributed by atoms with van der Waals surface area (Å²) in [5.41, 5.74) is 1.78. The number of benzene rings is 2. The van der Waals surface area contributed by atoms with Gasteiger partial charge in [-0.3, -0.25) is 4.79 Å². The monoisotopic (exact) mass is 440 g/mol. The van der Waals surface area contributed by atoms with Crippen molar-refractivity contribution in [2.45, 2.75) is 5.22 Å². The first-order chi connectivity index (χ1) is 15.2. The maximum absolute atomic E-state index is 12.6. The van der Waals surface area contributed by atoms with Crippen molar-refractivity contribution in [2.75, 3.05) is 51.1 Å². The molecule has 31 heavy (non-hydrogen) atoms. The van der Waals surface area contributed by atoms with Gasteiger partial charge in [-0.05, 0) is 24.3 Å². The Kier molecular flexibility index (Phi) is 6.61. The van der Waals surface area contributed by atoms with E-state index in [-0.39, 0.29) is 11.7 Å². The lowest BCUT2D eigenvalue weighted by atomic mass is 10.2. The molecule has 0 spiro atoms. The first-order valence-electron chi connectivity index (χ1n) is 9.95. The zero-order valence-corrected chi connectivity index (χ0v) is 18.3. The summed E-state index contributed by atoms with van der Waals surface area (Å²) in [6.07, 6.45) is 0. The molecule has 0 N–H and O–H groups in total. The fourth-order valence-corrected chi connectivity index (χ4v) is 4.16. The summed E-state index contributed by atoms with van der Waals surface area (Å²) in [7, 11) is 3.14. The van der Waals surface area contributed by atoms with Crippen LogP contribution in [0.4, 0.5) is 5.69 Å². The molecule has 9 heteroatoms. The van der Waals surface area contributed by atoms with Crippen molar-refractivity contribution in [3.63, 3.8) is 0 Å². The number of para-hydroxylation sites is 1. The van der Waals surface area contributed by atoms with Crippen LogP contribution in [0.5, 0.6) is 11.5 Å². The molecular weight excluding hydrogens is 416 g/mol. The summed E-state index contributed by atoms with van der Waals surface area (Å²) in [4.78, 5) is 16.8. The smallest absolute Gasteiger partial charge is 0.277 e. The number of aromatic nitrogens is 2. The van der Waals surface area contributed by atoms with Gasteiger partial charge in [0, 0.05) is 31.9 Å². The number of carbonyl (C=O) groups excluding carboxylic acids is 1. The van der Waals surface area contributed by atoms with E-state index in [1.54, 1.807) is 26.4 Å². The molecule has 4 rings (SSSR count). The van der Waals surface area contributed by atoms with Crippen LogP contribution in [-0.4, -0.2) is 67.2 Å². The Balaban J connectivity index is 1.34. The number of thioether (sulfide) groups is 1. The molecule has 0 saturated carbocycles. The van der Waals surface area contributed by atoms with E-state index in [4.69, 9.17) is 13.9 Å². The minimum absolute atomic E-state index is 0.0623. The average Bonchev–Trinajstić information content (AvgIpc) is 3.31. The van der Waals surface area contributed by atoms with Gasteiger partial charge in [-0.1, -0.05) is 36.0 Å². The van der Waals surface area contributed by atoms with E-state index in [2.05, 4.69) is 27.2 Å². The number of methoxy groups -OCH3 is 2. The van der Waals surface area contributed by atoms with E-state index in [0.29, 0.717) is 41.3 Å². The summed E-state index contributed by atoms with van der Waals surface area (Å²) >= 11 is 1.24. The zero-order valence-electron chi connectivity index (χ0n) is 17.5. The molecule has 162 valence electrons. The third-order valence-electron chi connectivity index (χ3n) is 5.12. The Morgan fingerprint density at radius 2 is 1.65 bits per heavy atom. The zero-order chi connectivity index (χ0) is 21.6. The van der Waals surface area contributed by atoms with Crippen molar-refractivity contribution in [2.24, 2.45) is 0 Å². The number of hydrogen-bond acceptors (Lipinski definition) is 8. The summed E-state index contributed by atoms with van der Waals surface area (Å²) < 4.78 is 16.5. The molecule has 8 nitrogen and oxygen atoms in total. The predicted molar refractivity (Wildman–Crippen MR) is 119 cm³/mol. The highest BCUT2D eigenvalue weighted by atomic mass is 32.2. The van der Waals surface area contributed by atoms with E-state index in [0.717, 1.165) is 13.1 Å². The van der Waals surface area contributed by atoms with Crippen LogP contribution in [0.2, 0.25) is 0 Å². The van der Waals surface area contributed by atoms with Gasteiger partial charge in [-0.25, -0.2) is 0 Å². The van der Waals surface area contributed by atoms with Crippen LogP contribution >= 0.6 is 11.8 Å². The van der Waals surface area contributed by atoms with Gasteiger partial charge in [0.2, 0.25) is 5.91 Å². The van der Waals surface area contributed by atoms with Crippen molar-refractivity contribution < 1.29 is 18.7 Å². The predicted octanol–water partition coefficient (Wildman–Crippen LogP) is 3.19. The van der Waals surface area contributed by atoms with Crippen LogP contribution < -0.4 is 14.4 Å². The number of piperazine rings is 1. The van der Waals surface area contributed by atoms with Gasteiger partial charge in [0.15, 0.2) is 0 Å². The number of anilines is 1. The molecule has 1 saturated heterocycles. The first kappa shape index (κ1) is 21.0. The summed E-state index contributed by atoms with van der Waals surface area (Å²) in [5.74, 6) is 1.75. The third kappa shape index (κ3) is 4.77. The van der Waals surface area contributed by atoms with Crippen LogP contribution in [0, 0.1) is 0 Å². The Labute approximate surface area is 185 Å². The molecule has 0 bridgehead atoms. The highest BCUT2D eigenvalue weighted by molar-refractivity contribution is 7.99. The maximum atomic E-state index is 12.6. The van der Waals surface area contributed by atoms with Gasteiger partial charge in [0.05, 0.1) is 20.0 Å². The van der Waals surface area contributed by atoms with Gasteiger partial charge >= 0.3 is 0 Å². The Morgan fingerprint density at radius 1 is 0.968 bits per heavy atom. The number of ether oxygens (including phenoxy) is 2. The molecule has 1 aromatic heterocycles.